The van der Waals surface area contributed by atoms with Crippen molar-refractivity contribution in [3.63, 3.8) is 0 Å². The van der Waals surface area contributed by atoms with Crippen molar-refractivity contribution in [2.75, 3.05) is 0 Å². The van der Waals surface area contributed by atoms with E-state index in [9.17, 15) is 0 Å². The summed E-state index contributed by atoms with van der Waals surface area (Å²) >= 11 is 0. The van der Waals surface area contributed by atoms with Crippen LogP contribution in [0.1, 0.15) is 0 Å². The highest BCUT2D eigenvalue weighted by atomic mass is 14.9. The molecule has 95 valence electrons. The Bertz CT molecular complexity index is 826. The number of rotatable bonds is 2. The monoisotopic (exact) mass is 259 g/mol. The zero-order valence-electron chi connectivity index (χ0n) is 10.6. The number of para-hydroxylation sites is 2. The Morgan fingerprint density at radius 2 is 1.95 bits per heavy atom. The van der Waals surface area contributed by atoms with Gasteiger partial charge in [0.05, 0.1) is 11.0 Å². The van der Waals surface area contributed by atoms with Crippen molar-refractivity contribution in [2.24, 2.45) is 0 Å². The lowest BCUT2D eigenvalue weighted by atomic mass is 10.1. The van der Waals surface area contributed by atoms with Crippen LogP contribution in [0, 0.1) is 6.07 Å². The number of hydrogen-bond donors (Lipinski definition) is 2. The molecule has 0 unspecified atom stereocenters. The molecule has 2 heterocycles. The number of fused-ring (bicyclic) bond motifs is 1. The van der Waals surface area contributed by atoms with Gasteiger partial charge < -0.3 is 9.97 Å². The lowest BCUT2D eigenvalue weighted by molar-refractivity contribution is 1.28. The molecule has 0 aliphatic heterocycles. The van der Waals surface area contributed by atoms with Crippen LogP contribution in [0.2, 0.25) is 0 Å². The molecule has 2 aromatic carbocycles. The number of nitrogens with zero attached hydrogens (tertiary/aromatic N) is 2. The van der Waals surface area contributed by atoms with Gasteiger partial charge in [0.25, 0.3) is 0 Å². The summed E-state index contributed by atoms with van der Waals surface area (Å²) in [6.07, 6.45) is 3.54. The first kappa shape index (κ1) is 11.0. The molecule has 0 saturated carbocycles. The maximum atomic E-state index is 4.64. The Morgan fingerprint density at radius 3 is 2.80 bits per heavy atom. The van der Waals surface area contributed by atoms with E-state index in [2.05, 4.69) is 26.0 Å². The highest BCUT2D eigenvalue weighted by molar-refractivity contribution is 5.83. The minimum absolute atomic E-state index is 0.793. The second kappa shape index (κ2) is 4.35. The Kier molecular flexibility index (Phi) is 2.39. The highest BCUT2D eigenvalue weighted by Gasteiger charge is 2.12. The van der Waals surface area contributed by atoms with E-state index in [0.717, 1.165) is 33.8 Å². The van der Waals surface area contributed by atoms with Crippen molar-refractivity contribution in [1.82, 2.24) is 19.9 Å². The Hall–Kier alpha value is -2.88. The van der Waals surface area contributed by atoms with E-state index in [-0.39, 0.29) is 0 Å². The Morgan fingerprint density at radius 1 is 1.00 bits per heavy atom. The molecule has 1 radical (unpaired) electrons. The van der Waals surface area contributed by atoms with Gasteiger partial charge in [-0.3, -0.25) is 0 Å². The fourth-order valence-electron chi connectivity index (χ4n) is 2.31. The smallest absolute Gasteiger partial charge is 0.139 e. The molecule has 0 amide bonds. The van der Waals surface area contributed by atoms with Crippen LogP contribution >= 0.6 is 0 Å². The number of aromatic amines is 2. The van der Waals surface area contributed by atoms with E-state index in [1.54, 1.807) is 12.4 Å². The van der Waals surface area contributed by atoms with Gasteiger partial charge in [-0.05, 0) is 18.2 Å². The van der Waals surface area contributed by atoms with Gasteiger partial charge in [-0.15, -0.1) is 0 Å². The summed E-state index contributed by atoms with van der Waals surface area (Å²) in [6, 6.07) is 17.1. The van der Waals surface area contributed by atoms with E-state index in [1.807, 2.05) is 42.5 Å². The topological polar surface area (TPSA) is 57.4 Å². The zero-order chi connectivity index (χ0) is 13.4. The van der Waals surface area contributed by atoms with Crippen LogP contribution in [0.25, 0.3) is 33.8 Å². The Balaban J connectivity index is 1.94. The molecule has 4 heteroatoms. The maximum absolute atomic E-state index is 4.64. The third-order valence-electron chi connectivity index (χ3n) is 3.24. The molecule has 0 aliphatic rings. The minimum atomic E-state index is 0.793. The van der Waals surface area contributed by atoms with Crippen molar-refractivity contribution in [1.29, 1.82) is 0 Å². The van der Waals surface area contributed by atoms with Crippen LogP contribution in [0.15, 0.2) is 54.9 Å². The third kappa shape index (κ3) is 1.70. The predicted molar refractivity (Wildman–Crippen MR) is 77.9 cm³/mol. The second-order valence-electron chi connectivity index (χ2n) is 4.50. The summed E-state index contributed by atoms with van der Waals surface area (Å²) in [5.41, 5.74) is 3.88. The average Bonchev–Trinajstić information content (AvgIpc) is 3.16. The number of aromatic nitrogens is 4. The van der Waals surface area contributed by atoms with Crippen molar-refractivity contribution in [3.8, 4) is 22.8 Å². The van der Waals surface area contributed by atoms with Gasteiger partial charge in [-0.1, -0.05) is 30.3 Å². The average molecular weight is 259 g/mol. The summed E-state index contributed by atoms with van der Waals surface area (Å²) in [7, 11) is 0. The molecule has 0 aliphatic carbocycles. The highest BCUT2D eigenvalue weighted by Crippen LogP contribution is 2.28. The zero-order valence-corrected chi connectivity index (χ0v) is 10.6. The first-order valence-electron chi connectivity index (χ1n) is 6.37. The van der Waals surface area contributed by atoms with Gasteiger partial charge in [-0.25, -0.2) is 9.97 Å². The van der Waals surface area contributed by atoms with E-state index < -0.39 is 0 Å². The Labute approximate surface area is 115 Å². The molecule has 0 atom stereocenters. The number of H-pyrrole nitrogens is 2. The first-order chi connectivity index (χ1) is 9.92. The van der Waals surface area contributed by atoms with Crippen molar-refractivity contribution < 1.29 is 0 Å². The van der Waals surface area contributed by atoms with Gasteiger partial charge in [-0.2, -0.15) is 0 Å². The summed E-state index contributed by atoms with van der Waals surface area (Å²) < 4.78 is 0. The van der Waals surface area contributed by atoms with Crippen LogP contribution < -0.4 is 0 Å². The number of nitrogens with one attached hydrogen (secondary N) is 2. The quantitative estimate of drug-likeness (QED) is 0.579. The summed E-state index contributed by atoms with van der Waals surface area (Å²) in [6.45, 7) is 0. The van der Waals surface area contributed by atoms with Crippen molar-refractivity contribution >= 4 is 11.0 Å². The molecule has 2 aromatic heterocycles. The lowest BCUT2D eigenvalue weighted by Gasteiger charge is -2.03. The van der Waals surface area contributed by atoms with Gasteiger partial charge >= 0.3 is 0 Å². The normalized spacial score (nSPS) is 11.0. The molecule has 0 bridgehead atoms. The summed E-state index contributed by atoms with van der Waals surface area (Å²) in [5.74, 6) is 1.62. The van der Waals surface area contributed by atoms with E-state index in [0.29, 0.717) is 0 Å². The van der Waals surface area contributed by atoms with Crippen LogP contribution in [0.5, 0.6) is 0 Å². The summed E-state index contributed by atoms with van der Waals surface area (Å²) in [4.78, 5) is 15.4. The molecule has 0 saturated heterocycles. The predicted octanol–water partition coefficient (Wildman–Crippen LogP) is 3.42. The van der Waals surface area contributed by atoms with Crippen LogP contribution in [-0.2, 0) is 0 Å². The SMILES string of the molecule is [c]1cccc(-c2nc3ccccc3[nH]2)c1-c1ncc[nH]1. The molecule has 4 nitrogen and oxygen atoms in total. The van der Waals surface area contributed by atoms with Gasteiger partial charge in [0.1, 0.15) is 11.6 Å². The standard InChI is InChI=1S/C16H11N4/c1-2-6-12(11(5-1)15-17-9-10-18-15)16-19-13-7-3-4-8-14(13)20-16/h1-4,6-10H,(H,17,18)(H,19,20). The number of hydrogen-bond acceptors (Lipinski definition) is 2. The fraction of sp³-hybridized carbons (Fsp3) is 0. The second-order valence-corrected chi connectivity index (χ2v) is 4.50. The lowest BCUT2D eigenvalue weighted by Crippen LogP contribution is -1.88. The molecule has 0 fully saturated rings. The van der Waals surface area contributed by atoms with E-state index in [1.165, 1.54) is 0 Å². The molecular formula is C16H11N4. The van der Waals surface area contributed by atoms with Crippen molar-refractivity contribution in [3.05, 3.63) is 60.9 Å². The molecule has 0 spiro atoms. The number of imidazole rings is 2. The van der Waals surface area contributed by atoms with Gasteiger partial charge in [0.15, 0.2) is 0 Å². The van der Waals surface area contributed by atoms with Crippen LogP contribution in [-0.4, -0.2) is 19.9 Å². The van der Waals surface area contributed by atoms with Gasteiger partial charge in [0, 0.05) is 23.5 Å². The number of benzene rings is 2. The summed E-state index contributed by atoms with van der Waals surface area (Å²) in [5, 5.41) is 0. The maximum Gasteiger partial charge on any atom is 0.139 e. The molecule has 2 N–H and O–H groups in total. The van der Waals surface area contributed by atoms with E-state index >= 15 is 0 Å². The largest absolute Gasteiger partial charge is 0.345 e. The first-order valence-corrected chi connectivity index (χ1v) is 6.37. The molecular weight excluding hydrogens is 248 g/mol. The van der Waals surface area contributed by atoms with Crippen LogP contribution in [0.3, 0.4) is 0 Å². The molecule has 4 rings (SSSR count). The van der Waals surface area contributed by atoms with Gasteiger partial charge in [0.2, 0.25) is 0 Å². The molecule has 4 aromatic rings. The fourth-order valence-corrected chi connectivity index (χ4v) is 2.31. The van der Waals surface area contributed by atoms with Crippen LogP contribution in [0.4, 0.5) is 0 Å². The van der Waals surface area contributed by atoms with Crippen molar-refractivity contribution in [2.45, 2.75) is 0 Å². The molecule has 20 heavy (non-hydrogen) atoms. The minimum Gasteiger partial charge on any atom is -0.345 e. The third-order valence-corrected chi connectivity index (χ3v) is 3.24. The van der Waals surface area contributed by atoms with E-state index in [4.69, 9.17) is 0 Å².